The number of carbonyl (C=O) groups excluding carboxylic acids is 1. The normalized spacial score (nSPS) is 11.4. The summed E-state index contributed by atoms with van der Waals surface area (Å²) in [6, 6.07) is 3.20. The second-order valence-electron chi connectivity index (χ2n) is 4.82. The highest BCUT2D eigenvalue weighted by Gasteiger charge is 2.18. The van der Waals surface area contributed by atoms with Gasteiger partial charge in [-0.05, 0) is 19.1 Å². The van der Waals surface area contributed by atoms with Crippen LogP contribution < -0.4 is 5.32 Å². The van der Waals surface area contributed by atoms with Gasteiger partial charge in [-0.15, -0.1) is 0 Å². The topological polar surface area (TPSA) is 62.2 Å². The maximum Gasteiger partial charge on any atom is 0.251 e. The molecule has 0 aliphatic carbocycles. The molecule has 2 N–H and O–H groups in total. The number of pyridine rings is 1. The van der Waals surface area contributed by atoms with Gasteiger partial charge in [0.25, 0.3) is 5.91 Å². The number of carbonyl (C=O) groups is 1. The lowest BCUT2D eigenvalue weighted by Gasteiger charge is -2.21. The van der Waals surface area contributed by atoms with Crippen molar-refractivity contribution in [1.29, 1.82) is 0 Å². The summed E-state index contributed by atoms with van der Waals surface area (Å²) in [6.45, 7) is 5.95. The first-order chi connectivity index (χ1) is 7.84. The summed E-state index contributed by atoms with van der Waals surface area (Å²) in [5.74, 6) is -0.209. The number of nitrogens with one attached hydrogen (secondary N) is 1. The smallest absolute Gasteiger partial charge is 0.251 e. The van der Waals surface area contributed by atoms with Crippen LogP contribution >= 0.6 is 11.6 Å². The molecule has 1 aromatic heterocycles. The third-order valence-corrected chi connectivity index (χ3v) is 2.53. The van der Waals surface area contributed by atoms with Crippen molar-refractivity contribution in [3.8, 4) is 0 Å². The van der Waals surface area contributed by atoms with Gasteiger partial charge in [-0.3, -0.25) is 4.79 Å². The predicted octanol–water partition coefficient (Wildman–Crippen LogP) is 1.79. The highest BCUT2D eigenvalue weighted by molar-refractivity contribution is 6.29. The van der Waals surface area contributed by atoms with E-state index in [9.17, 15) is 4.79 Å². The number of aliphatic hydroxyl groups excluding tert-OH is 1. The predicted molar refractivity (Wildman–Crippen MR) is 67.2 cm³/mol. The molecule has 0 spiro atoms. The SMILES string of the molecule is Cc1cc(C(=O)NCC(C)(C)CO)cc(Cl)n1. The van der Waals surface area contributed by atoms with E-state index in [2.05, 4.69) is 10.3 Å². The lowest BCUT2D eigenvalue weighted by molar-refractivity contribution is 0.0911. The van der Waals surface area contributed by atoms with E-state index in [0.29, 0.717) is 23.0 Å². The van der Waals surface area contributed by atoms with Gasteiger partial charge < -0.3 is 10.4 Å². The Morgan fingerprint density at radius 3 is 2.71 bits per heavy atom. The van der Waals surface area contributed by atoms with Gasteiger partial charge in [-0.1, -0.05) is 25.4 Å². The number of nitrogens with zero attached hydrogens (tertiary/aromatic N) is 1. The Bertz CT molecular complexity index is 399. The van der Waals surface area contributed by atoms with Crippen molar-refractivity contribution in [3.63, 3.8) is 0 Å². The summed E-state index contributed by atoms with van der Waals surface area (Å²) in [5, 5.41) is 12.1. The highest BCUT2D eigenvalue weighted by Crippen LogP contribution is 2.13. The summed E-state index contributed by atoms with van der Waals surface area (Å²) >= 11 is 5.78. The monoisotopic (exact) mass is 256 g/mol. The zero-order valence-corrected chi connectivity index (χ0v) is 11.0. The molecule has 0 aliphatic heterocycles. The summed E-state index contributed by atoms with van der Waals surface area (Å²) in [6.07, 6.45) is 0. The van der Waals surface area contributed by atoms with Gasteiger partial charge in [0, 0.05) is 29.8 Å². The second kappa shape index (κ2) is 5.47. The van der Waals surface area contributed by atoms with E-state index in [1.165, 1.54) is 6.07 Å². The van der Waals surface area contributed by atoms with Crippen molar-refractivity contribution in [3.05, 3.63) is 28.5 Å². The number of aromatic nitrogens is 1. The van der Waals surface area contributed by atoms with Crippen molar-refractivity contribution in [2.24, 2.45) is 5.41 Å². The standard InChI is InChI=1S/C12H17ClN2O2/c1-8-4-9(5-10(13)15-8)11(17)14-6-12(2,3)7-16/h4-5,16H,6-7H2,1-3H3,(H,14,17). The largest absolute Gasteiger partial charge is 0.396 e. The van der Waals surface area contributed by atoms with E-state index in [4.69, 9.17) is 16.7 Å². The Labute approximate surface area is 106 Å². The summed E-state index contributed by atoms with van der Waals surface area (Å²) in [5.41, 5.74) is 0.849. The van der Waals surface area contributed by atoms with Crippen LogP contribution in [-0.4, -0.2) is 29.1 Å². The fourth-order valence-corrected chi connectivity index (χ4v) is 1.49. The van der Waals surface area contributed by atoms with E-state index < -0.39 is 0 Å². The number of amides is 1. The minimum Gasteiger partial charge on any atom is -0.396 e. The molecule has 1 heterocycles. The summed E-state index contributed by atoms with van der Waals surface area (Å²) in [4.78, 5) is 15.8. The van der Waals surface area contributed by atoms with Gasteiger partial charge in [0.15, 0.2) is 0 Å². The number of hydrogen-bond acceptors (Lipinski definition) is 3. The van der Waals surface area contributed by atoms with Gasteiger partial charge >= 0.3 is 0 Å². The first-order valence-electron chi connectivity index (χ1n) is 5.37. The first-order valence-corrected chi connectivity index (χ1v) is 5.75. The molecule has 1 amide bonds. The second-order valence-corrected chi connectivity index (χ2v) is 5.21. The Morgan fingerprint density at radius 1 is 1.53 bits per heavy atom. The molecule has 0 radical (unpaired) electrons. The molecule has 0 bridgehead atoms. The van der Waals surface area contributed by atoms with Crippen LogP contribution in [0.25, 0.3) is 0 Å². The van der Waals surface area contributed by atoms with Gasteiger partial charge in [-0.2, -0.15) is 0 Å². The van der Waals surface area contributed by atoms with E-state index in [1.807, 2.05) is 13.8 Å². The van der Waals surface area contributed by atoms with Crippen molar-refractivity contribution in [1.82, 2.24) is 10.3 Å². The highest BCUT2D eigenvalue weighted by atomic mass is 35.5. The molecular formula is C12H17ClN2O2. The molecule has 0 aromatic carbocycles. The number of aliphatic hydroxyl groups is 1. The van der Waals surface area contributed by atoms with Crippen LogP contribution in [0.5, 0.6) is 0 Å². The maximum absolute atomic E-state index is 11.8. The Kier molecular flexibility index (Phi) is 4.48. The van der Waals surface area contributed by atoms with Gasteiger partial charge in [0.05, 0.1) is 0 Å². The van der Waals surface area contributed by atoms with Crippen LogP contribution in [0.15, 0.2) is 12.1 Å². The molecule has 0 saturated carbocycles. The van der Waals surface area contributed by atoms with Crippen molar-refractivity contribution in [2.75, 3.05) is 13.2 Å². The lowest BCUT2D eigenvalue weighted by atomic mass is 9.95. The molecule has 17 heavy (non-hydrogen) atoms. The molecular weight excluding hydrogens is 240 g/mol. The molecule has 1 rings (SSSR count). The number of aryl methyl sites for hydroxylation is 1. The van der Waals surface area contributed by atoms with Crippen LogP contribution in [0.3, 0.4) is 0 Å². The van der Waals surface area contributed by atoms with Crippen molar-refractivity contribution < 1.29 is 9.90 Å². The molecule has 0 atom stereocenters. The fourth-order valence-electron chi connectivity index (χ4n) is 1.24. The molecule has 94 valence electrons. The molecule has 1 aromatic rings. The first kappa shape index (κ1) is 13.9. The lowest BCUT2D eigenvalue weighted by Crippen LogP contribution is -2.36. The molecule has 0 fully saturated rings. The number of rotatable bonds is 4. The summed E-state index contributed by atoms with van der Waals surface area (Å²) in [7, 11) is 0. The number of hydrogen-bond donors (Lipinski definition) is 2. The van der Waals surface area contributed by atoms with E-state index in [1.54, 1.807) is 13.0 Å². The molecule has 0 unspecified atom stereocenters. The van der Waals surface area contributed by atoms with Crippen LogP contribution in [-0.2, 0) is 0 Å². The van der Waals surface area contributed by atoms with Gasteiger partial charge in [0.1, 0.15) is 5.15 Å². The zero-order valence-electron chi connectivity index (χ0n) is 10.2. The third-order valence-electron chi connectivity index (χ3n) is 2.34. The fraction of sp³-hybridized carbons (Fsp3) is 0.500. The van der Waals surface area contributed by atoms with Crippen LogP contribution in [0.2, 0.25) is 5.15 Å². The van der Waals surface area contributed by atoms with Crippen LogP contribution in [0.1, 0.15) is 29.9 Å². The van der Waals surface area contributed by atoms with E-state index >= 15 is 0 Å². The van der Waals surface area contributed by atoms with Crippen LogP contribution in [0.4, 0.5) is 0 Å². The minimum absolute atomic E-state index is 0.0173. The molecule has 0 saturated heterocycles. The minimum atomic E-state index is -0.332. The van der Waals surface area contributed by atoms with E-state index in [0.717, 1.165) is 0 Å². The molecule has 4 nitrogen and oxygen atoms in total. The van der Waals surface area contributed by atoms with Crippen molar-refractivity contribution >= 4 is 17.5 Å². The number of halogens is 1. The Balaban J connectivity index is 2.70. The molecule has 0 aliphatic rings. The zero-order chi connectivity index (χ0) is 13.1. The molecule has 5 heteroatoms. The van der Waals surface area contributed by atoms with Gasteiger partial charge in [0.2, 0.25) is 0 Å². The van der Waals surface area contributed by atoms with Crippen molar-refractivity contribution in [2.45, 2.75) is 20.8 Å². The van der Waals surface area contributed by atoms with Gasteiger partial charge in [-0.25, -0.2) is 4.98 Å². The average Bonchev–Trinajstić information content (AvgIpc) is 2.24. The average molecular weight is 257 g/mol. The van der Waals surface area contributed by atoms with E-state index in [-0.39, 0.29) is 17.9 Å². The summed E-state index contributed by atoms with van der Waals surface area (Å²) < 4.78 is 0. The Hall–Kier alpha value is -1.13. The quantitative estimate of drug-likeness (QED) is 0.808. The maximum atomic E-state index is 11.8. The Morgan fingerprint density at radius 2 is 2.18 bits per heavy atom. The third kappa shape index (κ3) is 4.32. The van der Waals surface area contributed by atoms with Crippen LogP contribution in [0, 0.1) is 12.3 Å².